The number of aryl methyl sites for hydroxylation is 1. The summed E-state index contributed by atoms with van der Waals surface area (Å²) in [7, 11) is 0. The molecule has 78 valence electrons. The molecule has 0 N–H and O–H groups in total. The fourth-order valence-corrected chi connectivity index (χ4v) is 1.73. The number of hydrogen-bond donors (Lipinski definition) is 0. The maximum Gasteiger partial charge on any atom is 0.148 e. The quantitative estimate of drug-likeness (QED) is 0.649. The third-order valence-electron chi connectivity index (χ3n) is 2.23. The summed E-state index contributed by atoms with van der Waals surface area (Å²) in [5.74, 6) is -1.31. The van der Waals surface area contributed by atoms with Crippen molar-refractivity contribution in [2.24, 2.45) is 0 Å². The van der Waals surface area contributed by atoms with Gasteiger partial charge in [0.1, 0.15) is 11.6 Å². The van der Waals surface area contributed by atoms with Crippen LogP contribution >= 0.6 is 11.6 Å². The Morgan fingerprint density at radius 3 is 2.36 bits per heavy atom. The smallest absolute Gasteiger partial charge is 0.148 e. The lowest BCUT2D eigenvalue weighted by atomic mass is 9.99. The Bertz CT molecular complexity index is 346. The van der Waals surface area contributed by atoms with E-state index in [1.54, 1.807) is 13.8 Å². The van der Waals surface area contributed by atoms with Crippen molar-refractivity contribution in [3.63, 3.8) is 0 Å². The molecule has 0 spiro atoms. The summed E-state index contributed by atoms with van der Waals surface area (Å²) in [5.41, 5.74) is 0.596. The summed E-state index contributed by atoms with van der Waals surface area (Å²) in [6.07, 6.45) is 0.533. The number of halogens is 3. The average molecular weight is 219 g/mol. The van der Waals surface area contributed by atoms with Crippen molar-refractivity contribution < 1.29 is 8.78 Å². The van der Waals surface area contributed by atoms with E-state index in [0.29, 0.717) is 12.0 Å². The number of rotatable bonds is 2. The topological polar surface area (TPSA) is 0 Å². The van der Waals surface area contributed by atoms with Crippen LogP contribution in [0.1, 0.15) is 37.8 Å². The van der Waals surface area contributed by atoms with Crippen LogP contribution < -0.4 is 0 Å². The molecule has 0 aliphatic carbocycles. The summed E-state index contributed by atoms with van der Waals surface area (Å²) in [5, 5.41) is 0.0533. The second-order valence-electron chi connectivity index (χ2n) is 3.57. The predicted molar refractivity (Wildman–Crippen MR) is 54.8 cm³/mol. The van der Waals surface area contributed by atoms with Crippen LogP contribution in [0.25, 0.3) is 0 Å². The van der Waals surface area contributed by atoms with Crippen LogP contribution in [0.2, 0.25) is 5.02 Å². The van der Waals surface area contributed by atoms with E-state index in [2.05, 4.69) is 0 Å². The summed E-state index contributed by atoms with van der Waals surface area (Å²) in [4.78, 5) is 0. The second-order valence-corrected chi connectivity index (χ2v) is 3.95. The fraction of sp³-hybridized carbons (Fsp3) is 0.455. The van der Waals surface area contributed by atoms with Gasteiger partial charge in [-0.3, -0.25) is 0 Å². The van der Waals surface area contributed by atoms with Crippen molar-refractivity contribution in [1.29, 1.82) is 0 Å². The van der Waals surface area contributed by atoms with Gasteiger partial charge in [-0.1, -0.05) is 32.4 Å². The van der Waals surface area contributed by atoms with E-state index in [1.165, 1.54) is 6.07 Å². The lowest BCUT2D eigenvalue weighted by Crippen LogP contribution is -2.01. The van der Waals surface area contributed by atoms with E-state index in [1.807, 2.05) is 6.92 Å². The molecule has 0 saturated carbocycles. The molecule has 1 aromatic rings. The monoisotopic (exact) mass is 218 g/mol. The zero-order chi connectivity index (χ0) is 10.9. The Balaban J connectivity index is 3.41. The first kappa shape index (κ1) is 11.4. The molecule has 0 fully saturated rings. The lowest BCUT2D eigenvalue weighted by Gasteiger charge is -2.12. The van der Waals surface area contributed by atoms with Crippen LogP contribution in [0.3, 0.4) is 0 Å². The van der Waals surface area contributed by atoms with E-state index < -0.39 is 11.6 Å². The van der Waals surface area contributed by atoms with E-state index in [4.69, 9.17) is 11.6 Å². The number of benzene rings is 1. The normalized spacial score (nSPS) is 11.1. The third-order valence-corrected chi connectivity index (χ3v) is 2.64. The van der Waals surface area contributed by atoms with Gasteiger partial charge in [-0.05, 0) is 24.0 Å². The highest BCUT2D eigenvalue weighted by Gasteiger charge is 2.18. The minimum Gasteiger partial charge on any atom is -0.207 e. The Hall–Kier alpha value is -0.630. The Kier molecular flexibility index (Phi) is 3.48. The van der Waals surface area contributed by atoms with E-state index in [9.17, 15) is 8.78 Å². The van der Waals surface area contributed by atoms with Crippen molar-refractivity contribution in [2.45, 2.75) is 33.1 Å². The van der Waals surface area contributed by atoms with Crippen molar-refractivity contribution in [1.82, 2.24) is 0 Å². The molecule has 0 heterocycles. The minimum atomic E-state index is -0.612. The molecule has 0 aromatic heterocycles. The molecular weight excluding hydrogens is 206 g/mol. The molecule has 0 bridgehead atoms. The Labute approximate surface area is 87.9 Å². The molecule has 1 aromatic carbocycles. The van der Waals surface area contributed by atoms with Gasteiger partial charge in [0.2, 0.25) is 0 Å². The molecule has 0 unspecified atom stereocenters. The molecule has 0 aliphatic rings. The summed E-state index contributed by atoms with van der Waals surface area (Å²) >= 11 is 5.77. The largest absolute Gasteiger partial charge is 0.207 e. The molecule has 0 amide bonds. The van der Waals surface area contributed by atoms with Crippen LogP contribution in [0, 0.1) is 11.6 Å². The van der Waals surface area contributed by atoms with E-state index >= 15 is 0 Å². The summed E-state index contributed by atoms with van der Waals surface area (Å²) < 4.78 is 27.0. The van der Waals surface area contributed by atoms with Gasteiger partial charge >= 0.3 is 0 Å². The molecule has 0 radical (unpaired) electrons. The summed E-state index contributed by atoms with van der Waals surface area (Å²) in [6.45, 7) is 5.29. The van der Waals surface area contributed by atoms with Crippen LogP contribution in [0.5, 0.6) is 0 Å². The maximum atomic E-state index is 13.6. The standard InChI is InChI=1S/C11H13ClF2/c1-4-7-5-8(13)9(6(2)3)11(14)10(7)12/h5-6H,4H2,1-3H3. The zero-order valence-corrected chi connectivity index (χ0v) is 9.25. The fourth-order valence-electron chi connectivity index (χ4n) is 1.44. The Morgan fingerprint density at radius 1 is 1.36 bits per heavy atom. The highest BCUT2D eigenvalue weighted by atomic mass is 35.5. The van der Waals surface area contributed by atoms with Crippen molar-refractivity contribution in [3.8, 4) is 0 Å². The molecular formula is C11H13ClF2. The molecule has 0 aliphatic heterocycles. The Morgan fingerprint density at radius 2 is 1.93 bits per heavy atom. The third kappa shape index (κ3) is 1.90. The highest BCUT2D eigenvalue weighted by Crippen LogP contribution is 2.30. The van der Waals surface area contributed by atoms with Gasteiger partial charge in [-0.25, -0.2) is 8.78 Å². The predicted octanol–water partition coefficient (Wildman–Crippen LogP) is 4.30. The lowest BCUT2D eigenvalue weighted by molar-refractivity contribution is 0.539. The van der Waals surface area contributed by atoms with Gasteiger partial charge in [-0.15, -0.1) is 0 Å². The van der Waals surface area contributed by atoms with Gasteiger partial charge in [0, 0.05) is 5.56 Å². The molecule has 0 saturated heterocycles. The summed E-state index contributed by atoms with van der Waals surface area (Å²) in [6, 6.07) is 1.32. The minimum absolute atomic E-state index is 0.0533. The van der Waals surface area contributed by atoms with Crippen molar-refractivity contribution in [3.05, 3.63) is 33.9 Å². The van der Waals surface area contributed by atoms with Crippen LogP contribution in [0.4, 0.5) is 8.78 Å². The van der Waals surface area contributed by atoms with Gasteiger partial charge in [0.25, 0.3) is 0 Å². The van der Waals surface area contributed by atoms with Gasteiger partial charge in [0.15, 0.2) is 0 Å². The van der Waals surface area contributed by atoms with Gasteiger partial charge in [0.05, 0.1) is 5.02 Å². The average Bonchev–Trinajstić information content (AvgIpc) is 2.10. The van der Waals surface area contributed by atoms with E-state index in [0.717, 1.165) is 0 Å². The molecule has 14 heavy (non-hydrogen) atoms. The molecule has 0 nitrogen and oxygen atoms in total. The maximum absolute atomic E-state index is 13.6. The number of hydrogen-bond acceptors (Lipinski definition) is 0. The van der Waals surface area contributed by atoms with E-state index in [-0.39, 0.29) is 16.5 Å². The first-order valence-corrected chi connectivity index (χ1v) is 5.03. The molecule has 3 heteroatoms. The van der Waals surface area contributed by atoms with Gasteiger partial charge in [-0.2, -0.15) is 0 Å². The van der Waals surface area contributed by atoms with Crippen molar-refractivity contribution >= 4 is 11.6 Å². The highest BCUT2D eigenvalue weighted by molar-refractivity contribution is 6.31. The van der Waals surface area contributed by atoms with Crippen LogP contribution in [0.15, 0.2) is 6.07 Å². The van der Waals surface area contributed by atoms with Crippen molar-refractivity contribution in [2.75, 3.05) is 0 Å². The first-order chi connectivity index (χ1) is 6.49. The van der Waals surface area contributed by atoms with Crippen LogP contribution in [-0.4, -0.2) is 0 Å². The molecule has 1 rings (SSSR count). The second kappa shape index (κ2) is 4.26. The zero-order valence-electron chi connectivity index (χ0n) is 8.50. The van der Waals surface area contributed by atoms with Crippen LogP contribution in [-0.2, 0) is 6.42 Å². The van der Waals surface area contributed by atoms with Gasteiger partial charge < -0.3 is 0 Å². The first-order valence-electron chi connectivity index (χ1n) is 4.65. The SMILES string of the molecule is CCc1cc(F)c(C(C)C)c(F)c1Cl. The molecule has 0 atom stereocenters.